The van der Waals surface area contributed by atoms with Gasteiger partial charge in [-0.25, -0.2) is 23.1 Å². The molecular weight excluding hydrogens is 567 g/mol. The Labute approximate surface area is 226 Å². The van der Waals surface area contributed by atoms with Crippen molar-refractivity contribution < 1.29 is 39.5 Å². The van der Waals surface area contributed by atoms with E-state index in [2.05, 4.69) is 20.3 Å². The molecule has 2 aromatic carbocycles. The lowest BCUT2D eigenvalue weighted by atomic mass is 10.1. The van der Waals surface area contributed by atoms with E-state index in [1.165, 1.54) is 17.2 Å². The fourth-order valence-electron chi connectivity index (χ4n) is 4.65. The normalized spacial score (nSPS) is 14.7. The Balaban J connectivity index is 1.36. The summed E-state index contributed by atoms with van der Waals surface area (Å²) < 4.78 is 121. The van der Waals surface area contributed by atoms with Crippen molar-refractivity contribution in [3.05, 3.63) is 76.7 Å². The minimum atomic E-state index is -4.69. The van der Waals surface area contributed by atoms with E-state index in [0.29, 0.717) is 0 Å². The Bertz CT molecular complexity index is 1530. The largest absolute Gasteiger partial charge is 0.419 e. The van der Waals surface area contributed by atoms with Gasteiger partial charge >= 0.3 is 12.4 Å². The van der Waals surface area contributed by atoms with Crippen molar-refractivity contribution in [1.82, 2.24) is 15.0 Å². The van der Waals surface area contributed by atoms with Crippen LogP contribution < -0.4 is 15.1 Å². The number of rotatable bonds is 6. The van der Waals surface area contributed by atoms with Gasteiger partial charge in [-0.3, -0.25) is 0 Å². The average Bonchev–Trinajstić information content (AvgIpc) is 3.35. The highest BCUT2D eigenvalue weighted by Crippen LogP contribution is 2.37. The van der Waals surface area contributed by atoms with Gasteiger partial charge in [-0.15, -0.1) is 0 Å². The lowest BCUT2D eigenvalue weighted by Crippen LogP contribution is -2.47. The first kappa shape index (κ1) is 28.4. The zero-order chi connectivity index (χ0) is 29.5. The van der Waals surface area contributed by atoms with Crippen molar-refractivity contribution in [3.63, 3.8) is 0 Å². The molecule has 15 heteroatoms. The number of benzene rings is 2. The minimum absolute atomic E-state index is 0.00215. The first-order chi connectivity index (χ1) is 19.3. The number of piperazine rings is 1. The maximum Gasteiger partial charge on any atom is 0.419 e. The number of hydrogen-bond acceptors (Lipinski definition) is 5. The molecule has 6 nitrogen and oxygen atoms in total. The van der Waals surface area contributed by atoms with Crippen molar-refractivity contribution in [2.24, 2.45) is 0 Å². The van der Waals surface area contributed by atoms with E-state index >= 15 is 0 Å². The molecule has 2 N–H and O–H groups in total. The molecule has 0 radical (unpaired) electrons. The van der Waals surface area contributed by atoms with Gasteiger partial charge in [0.25, 0.3) is 0 Å². The fraction of sp³-hybridized carbons (Fsp3) is 0.308. The lowest BCUT2D eigenvalue weighted by molar-refractivity contribution is -0.138. The number of anilines is 3. The molecule has 0 unspecified atom stereocenters. The standard InChI is InChI=1S/C26H21F9N6/c27-17-10-14(11-18(28)21(17)29)3-5-36-19-12-15(25(30,31)32)13-20-22(19)39-24(38-20)41-8-6-40(7-9-41)23-16(26(33,34)35)2-1-4-37-23/h1-2,4,10-13,36H,3,5-9H2,(H,38,39). The first-order valence-electron chi connectivity index (χ1n) is 12.3. The van der Waals surface area contributed by atoms with Crippen LogP contribution in [0.4, 0.5) is 57.0 Å². The Morgan fingerprint density at radius 2 is 1.51 bits per heavy atom. The van der Waals surface area contributed by atoms with E-state index in [1.54, 1.807) is 4.90 Å². The molecule has 5 rings (SSSR count). The Kier molecular flexibility index (Phi) is 7.38. The maximum absolute atomic E-state index is 13.6. The van der Waals surface area contributed by atoms with Crippen molar-refractivity contribution in [3.8, 4) is 0 Å². The molecule has 0 spiro atoms. The van der Waals surface area contributed by atoms with Crippen LogP contribution in [0, 0.1) is 17.5 Å². The molecule has 0 amide bonds. The zero-order valence-corrected chi connectivity index (χ0v) is 21.0. The van der Waals surface area contributed by atoms with Crippen LogP contribution in [0.25, 0.3) is 11.0 Å². The number of halogens is 9. The molecule has 0 bridgehead atoms. The molecule has 218 valence electrons. The topological polar surface area (TPSA) is 60.1 Å². The van der Waals surface area contributed by atoms with E-state index in [-0.39, 0.29) is 73.2 Å². The number of imidazole rings is 1. The van der Waals surface area contributed by atoms with Crippen molar-refractivity contribution >= 4 is 28.5 Å². The SMILES string of the molecule is Fc1cc(CCNc2cc(C(F)(F)F)cc3[nH]c(N4CCN(c5ncccc5C(F)(F)F)CC4)nc23)cc(F)c1F. The van der Waals surface area contributed by atoms with Crippen LogP contribution >= 0.6 is 0 Å². The van der Waals surface area contributed by atoms with Gasteiger partial charge in [0.2, 0.25) is 5.95 Å². The Morgan fingerprint density at radius 3 is 2.15 bits per heavy atom. The summed E-state index contributed by atoms with van der Waals surface area (Å²) in [6.07, 6.45) is -8.04. The molecule has 1 fully saturated rings. The Hall–Kier alpha value is -4.17. The van der Waals surface area contributed by atoms with Crippen LogP contribution in [0.3, 0.4) is 0 Å². The number of nitrogens with one attached hydrogen (secondary N) is 2. The summed E-state index contributed by atoms with van der Waals surface area (Å²) in [5.41, 5.74) is -1.51. The quantitative estimate of drug-likeness (QED) is 0.202. The van der Waals surface area contributed by atoms with Gasteiger partial charge in [0.05, 0.1) is 22.3 Å². The Morgan fingerprint density at radius 1 is 0.854 bits per heavy atom. The monoisotopic (exact) mass is 588 g/mol. The third-order valence-corrected chi connectivity index (χ3v) is 6.64. The highest BCUT2D eigenvalue weighted by atomic mass is 19.4. The summed E-state index contributed by atoms with van der Waals surface area (Å²) in [6, 6.07) is 5.50. The van der Waals surface area contributed by atoms with Gasteiger partial charge < -0.3 is 20.1 Å². The number of H-pyrrole nitrogens is 1. The molecule has 1 aliphatic rings. The number of hydrogen-bond donors (Lipinski definition) is 2. The van der Waals surface area contributed by atoms with Crippen LogP contribution in [0.15, 0.2) is 42.6 Å². The molecule has 0 saturated carbocycles. The van der Waals surface area contributed by atoms with Crippen LogP contribution in [0.2, 0.25) is 0 Å². The predicted molar refractivity (Wildman–Crippen MR) is 133 cm³/mol. The van der Waals surface area contributed by atoms with E-state index in [4.69, 9.17) is 0 Å². The number of alkyl halides is 6. The number of aromatic amines is 1. The molecular formula is C26H21F9N6. The average molecular weight is 588 g/mol. The van der Waals surface area contributed by atoms with Crippen LogP contribution in [0.5, 0.6) is 0 Å². The molecule has 4 aromatic rings. The zero-order valence-electron chi connectivity index (χ0n) is 21.0. The smallest absolute Gasteiger partial charge is 0.383 e. The van der Waals surface area contributed by atoms with Gasteiger partial charge in [-0.05, 0) is 48.4 Å². The molecule has 2 aromatic heterocycles. The fourth-order valence-corrected chi connectivity index (χ4v) is 4.65. The molecule has 0 atom stereocenters. The van der Waals surface area contributed by atoms with Gasteiger partial charge in [0.1, 0.15) is 11.3 Å². The summed E-state index contributed by atoms with van der Waals surface area (Å²) in [4.78, 5) is 14.4. The van der Waals surface area contributed by atoms with E-state index in [9.17, 15) is 39.5 Å². The second-order valence-corrected chi connectivity index (χ2v) is 9.37. The van der Waals surface area contributed by atoms with Crippen LogP contribution in [-0.2, 0) is 18.8 Å². The van der Waals surface area contributed by atoms with Gasteiger partial charge in [0, 0.05) is 38.9 Å². The van der Waals surface area contributed by atoms with Crippen molar-refractivity contribution in [2.45, 2.75) is 18.8 Å². The van der Waals surface area contributed by atoms with Crippen molar-refractivity contribution in [1.29, 1.82) is 0 Å². The minimum Gasteiger partial charge on any atom is -0.383 e. The lowest BCUT2D eigenvalue weighted by Gasteiger charge is -2.36. The number of pyridine rings is 1. The molecule has 41 heavy (non-hydrogen) atoms. The number of nitrogens with zero attached hydrogens (tertiary/aromatic N) is 4. The van der Waals surface area contributed by atoms with Crippen LogP contribution in [-0.4, -0.2) is 47.7 Å². The molecule has 0 aliphatic carbocycles. The number of fused-ring (bicyclic) bond motifs is 1. The van der Waals surface area contributed by atoms with E-state index < -0.39 is 40.9 Å². The summed E-state index contributed by atoms with van der Waals surface area (Å²) >= 11 is 0. The first-order valence-corrected chi connectivity index (χ1v) is 12.3. The molecule has 3 heterocycles. The summed E-state index contributed by atoms with van der Waals surface area (Å²) in [7, 11) is 0. The highest BCUT2D eigenvalue weighted by molar-refractivity contribution is 5.91. The van der Waals surface area contributed by atoms with Crippen LogP contribution in [0.1, 0.15) is 16.7 Å². The molecule has 1 saturated heterocycles. The summed E-state index contributed by atoms with van der Waals surface area (Å²) in [5, 5.41) is 2.80. The third-order valence-electron chi connectivity index (χ3n) is 6.64. The maximum atomic E-state index is 13.6. The van der Waals surface area contributed by atoms with Crippen molar-refractivity contribution in [2.75, 3.05) is 47.8 Å². The van der Waals surface area contributed by atoms with Gasteiger partial charge in [0.15, 0.2) is 17.5 Å². The predicted octanol–water partition coefficient (Wildman–Crippen LogP) is 6.39. The van der Waals surface area contributed by atoms with E-state index in [1.807, 2.05) is 0 Å². The van der Waals surface area contributed by atoms with Gasteiger partial charge in [-0.1, -0.05) is 0 Å². The summed E-state index contributed by atoms with van der Waals surface area (Å²) in [5.74, 6) is -4.35. The third kappa shape index (κ3) is 5.98. The second kappa shape index (κ2) is 10.7. The molecule has 1 aliphatic heterocycles. The van der Waals surface area contributed by atoms with Gasteiger partial charge in [-0.2, -0.15) is 26.3 Å². The second-order valence-electron chi connectivity index (χ2n) is 9.37. The van der Waals surface area contributed by atoms with E-state index in [0.717, 1.165) is 30.3 Å². The summed E-state index contributed by atoms with van der Waals surface area (Å²) in [6.45, 7) is 0.684. The highest BCUT2D eigenvalue weighted by Gasteiger charge is 2.36. The number of aromatic nitrogens is 3.